The van der Waals surface area contributed by atoms with Crippen LogP contribution in [0.2, 0.25) is 0 Å². The fourth-order valence-electron chi connectivity index (χ4n) is 3.26. The van der Waals surface area contributed by atoms with E-state index in [1.54, 1.807) is 18.7 Å². The Balaban J connectivity index is 1.35. The highest BCUT2D eigenvalue weighted by atomic mass is 32.2. The number of hydrogen-bond acceptors (Lipinski definition) is 4. The third-order valence-corrected chi connectivity index (χ3v) is 5.85. The molecule has 0 radical (unpaired) electrons. The molecule has 7 heteroatoms. The summed E-state index contributed by atoms with van der Waals surface area (Å²) in [5.41, 5.74) is 4.32. The van der Waals surface area contributed by atoms with E-state index in [2.05, 4.69) is 34.3 Å². The van der Waals surface area contributed by atoms with Gasteiger partial charge in [0.15, 0.2) is 5.16 Å². The van der Waals surface area contributed by atoms with Crippen molar-refractivity contribution in [3.8, 4) is 11.4 Å². The van der Waals surface area contributed by atoms with Gasteiger partial charge >= 0.3 is 0 Å². The second-order valence-electron chi connectivity index (χ2n) is 7.01. The Kier molecular flexibility index (Phi) is 5.99. The summed E-state index contributed by atoms with van der Waals surface area (Å²) in [6.45, 7) is 4.05. The van der Waals surface area contributed by atoms with E-state index in [1.165, 1.54) is 11.8 Å². The van der Waals surface area contributed by atoms with Gasteiger partial charge in [0.25, 0.3) is 0 Å². The van der Waals surface area contributed by atoms with Crippen LogP contribution in [-0.2, 0) is 4.79 Å². The third kappa shape index (κ3) is 4.46. The van der Waals surface area contributed by atoms with Crippen molar-refractivity contribution in [2.24, 2.45) is 0 Å². The molecule has 1 amide bonds. The minimum atomic E-state index is -0.0777. The number of carbonyl (C=O) groups is 1. The van der Waals surface area contributed by atoms with Crippen LogP contribution in [0.3, 0.4) is 0 Å². The number of thioether (sulfide) groups is 1. The Morgan fingerprint density at radius 1 is 1.10 bits per heavy atom. The van der Waals surface area contributed by atoms with E-state index in [9.17, 15) is 4.79 Å². The highest BCUT2D eigenvalue weighted by Gasteiger charge is 2.13. The van der Waals surface area contributed by atoms with E-state index in [0.717, 1.165) is 27.7 Å². The van der Waals surface area contributed by atoms with Crippen LogP contribution in [0, 0.1) is 6.92 Å². The smallest absolute Gasteiger partial charge is 0.230 e. The van der Waals surface area contributed by atoms with Crippen molar-refractivity contribution in [1.29, 1.82) is 0 Å². The zero-order valence-corrected chi connectivity index (χ0v) is 17.7. The zero-order valence-electron chi connectivity index (χ0n) is 16.9. The second kappa shape index (κ2) is 9.00. The van der Waals surface area contributed by atoms with Crippen molar-refractivity contribution >= 4 is 17.7 Å². The van der Waals surface area contributed by atoms with E-state index in [4.69, 9.17) is 0 Å². The zero-order chi connectivity index (χ0) is 20.9. The quantitative estimate of drug-likeness (QED) is 0.455. The van der Waals surface area contributed by atoms with Gasteiger partial charge in [-0.3, -0.25) is 9.36 Å². The Morgan fingerprint density at radius 2 is 1.90 bits per heavy atom. The van der Waals surface area contributed by atoms with Crippen LogP contribution in [0.5, 0.6) is 0 Å². The van der Waals surface area contributed by atoms with Gasteiger partial charge in [0.2, 0.25) is 5.91 Å². The molecule has 2 aromatic heterocycles. The van der Waals surface area contributed by atoms with E-state index in [-0.39, 0.29) is 11.9 Å². The van der Waals surface area contributed by atoms with Crippen LogP contribution in [0.4, 0.5) is 0 Å². The fourth-order valence-corrected chi connectivity index (χ4v) is 4.03. The van der Waals surface area contributed by atoms with Crippen LogP contribution in [-0.4, -0.2) is 30.8 Å². The van der Waals surface area contributed by atoms with Crippen LogP contribution in [0.15, 0.2) is 84.8 Å². The largest absolute Gasteiger partial charge is 0.349 e. The molecule has 6 nitrogen and oxygen atoms in total. The van der Waals surface area contributed by atoms with Gasteiger partial charge in [-0.05, 0) is 43.2 Å². The monoisotopic (exact) mass is 417 g/mol. The van der Waals surface area contributed by atoms with Gasteiger partial charge in [-0.25, -0.2) is 9.97 Å². The Morgan fingerprint density at radius 3 is 2.63 bits per heavy atom. The maximum Gasteiger partial charge on any atom is 0.230 e. The summed E-state index contributed by atoms with van der Waals surface area (Å²) in [7, 11) is 0. The molecular formula is C23H23N5OS. The molecule has 4 aromatic rings. The lowest BCUT2D eigenvalue weighted by Gasteiger charge is -2.15. The Hall–Kier alpha value is -3.32. The fraction of sp³-hybridized carbons (Fsp3) is 0.174. The SMILES string of the molecule is Cc1ccccc1-n1ccnc1SCC(=O)NC(C)c1ccc(-n2ccnc2)cc1. The summed E-state index contributed by atoms with van der Waals surface area (Å²) >= 11 is 1.43. The van der Waals surface area contributed by atoms with E-state index >= 15 is 0 Å². The predicted octanol–water partition coefficient (Wildman–Crippen LogP) is 4.34. The molecule has 0 saturated heterocycles. The molecule has 0 aliphatic rings. The van der Waals surface area contributed by atoms with Crippen LogP contribution in [0.1, 0.15) is 24.1 Å². The molecule has 0 bridgehead atoms. The average molecular weight is 418 g/mol. The molecule has 0 aliphatic heterocycles. The minimum Gasteiger partial charge on any atom is -0.349 e. The molecule has 0 spiro atoms. The van der Waals surface area contributed by atoms with Crippen molar-refractivity contribution in [2.45, 2.75) is 25.0 Å². The first-order chi connectivity index (χ1) is 14.6. The number of imidazole rings is 2. The number of nitrogens with one attached hydrogen (secondary N) is 1. The summed E-state index contributed by atoms with van der Waals surface area (Å²) in [6, 6.07) is 16.2. The number of para-hydroxylation sites is 1. The number of carbonyl (C=O) groups excluding carboxylic acids is 1. The highest BCUT2D eigenvalue weighted by Crippen LogP contribution is 2.23. The Labute approximate surface area is 180 Å². The van der Waals surface area contributed by atoms with Crippen molar-refractivity contribution in [1.82, 2.24) is 24.4 Å². The molecule has 1 unspecified atom stereocenters. The number of nitrogens with zero attached hydrogens (tertiary/aromatic N) is 4. The lowest BCUT2D eigenvalue weighted by Crippen LogP contribution is -2.28. The molecule has 1 N–H and O–H groups in total. The maximum absolute atomic E-state index is 12.5. The lowest BCUT2D eigenvalue weighted by atomic mass is 10.1. The third-order valence-electron chi connectivity index (χ3n) is 4.89. The summed E-state index contributed by atoms with van der Waals surface area (Å²) < 4.78 is 3.96. The number of aryl methyl sites for hydroxylation is 1. The summed E-state index contributed by atoms with van der Waals surface area (Å²) in [5, 5.41) is 3.87. The first-order valence-corrected chi connectivity index (χ1v) is 10.7. The molecular weight excluding hydrogens is 394 g/mol. The average Bonchev–Trinajstić information content (AvgIpc) is 3.45. The molecule has 0 fully saturated rings. The summed E-state index contributed by atoms with van der Waals surface area (Å²) in [5.74, 6) is 0.283. The van der Waals surface area contributed by atoms with Crippen molar-refractivity contribution in [2.75, 3.05) is 5.75 Å². The highest BCUT2D eigenvalue weighted by molar-refractivity contribution is 7.99. The Bertz CT molecular complexity index is 1120. The van der Waals surface area contributed by atoms with Gasteiger partial charge in [-0.1, -0.05) is 42.1 Å². The molecule has 4 rings (SSSR count). The van der Waals surface area contributed by atoms with Crippen molar-refractivity contribution in [3.63, 3.8) is 0 Å². The summed E-state index contributed by atoms with van der Waals surface area (Å²) in [6.07, 6.45) is 9.10. The van der Waals surface area contributed by atoms with Crippen LogP contribution < -0.4 is 5.32 Å². The molecule has 0 aliphatic carbocycles. The van der Waals surface area contributed by atoms with Gasteiger partial charge < -0.3 is 9.88 Å². The van der Waals surface area contributed by atoms with Crippen LogP contribution >= 0.6 is 11.8 Å². The number of hydrogen-bond donors (Lipinski definition) is 1. The van der Waals surface area contributed by atoms with Crippen molar-refractivity contribution in [3.05, 3.63) is 90.8 Å². The normalized spacial score (nSPS) is 11.9. The molecule has 2 heterocycles. The van der Waals surface area contributed by atoms with Crippen LogP contribution in [0.25, 0.3) is 11.4 Å². The number of aromatic nitrogens is 4. The van der Waals surface area contributed by atoms with E-state index in [0.29, 0.717) is 5.75 Å². The maximum atomic E-state index is 12.5. The van der Waals surface area contributed by atoms with Gasteiger partial charge in [0, 0.05) is 30.5 Å². The van der Waals surface area contributed by atoms with Gasteiger partial charge in [-0.15, -0.1) is 0 Å². The molecule has 2 aromatic carbocycles. The van der Waals surface area contributed by atoms with Gasteiger partial charge in [0.05, 0.1) is 23.8 Å². The van der Waals surface area contributed by atoms with E-state index < -0.39 is 0 Å². The molecule has 152 valence electrons. The van der Waals surface area contributed by atoms with Gasteiger partial charge in [0.1, 0.15) is 0 Å². The number of benzene rings is 2. The number of amides is 1. The molecule has 30 heavy (non-hydrogen) atoms. The lowest BCUT2D eigenvalue weighted by molar-refractivity contribution is -0.119. The second-order valence-corrected chi connectivity index (χ2v) is 7.95. The number of rotatable bonds is 7. The molecule has 0 saturated carbocycles. The molecule has 1 atom stereocenters. The topological polar surface area (TPSA) is 64.7 Å². The standard InChI is InChI=1S/C23H23N5OS/c1-17-5-3-4-6-21(17)28-14-12-25-23(28)30-15-22(29)26-18(2)19-7-9-20(10-8-19)27-13-11-24-16-27/h3-14,16,18H,15H2,1-2H3,(H,26,29). The van der Waals surface area contributed by atoms with Gasteiger partial charge in [-0.2, -0.15) is 0 Å². The predicted molar refractivity (Wildman–Crippen MR) is 119 cm³/mol. The van der Waals surface area contributed by atoms with E-state index in [1.807, 2.05) is 64.8 Å². The minimum absolute atomic E-state index is 0.0227. The van der Waals surface area contributed by atoms with Crippen molar-refractivity contribution < 1.29 is 4.79 Å². The first-order valence-electron chi connectivity index (χ1n) is 9.71. The first kappa shape index (κ1) is 20.0. The summed E-state index contributed by atoms with van der Waals surface area (Å²) in [4.78, 5) is 21.0.